The zero-order valence-electron chi connectivity index (χ0n) is 10.0. The number of anilines is 1. The lowest BCUT2D eigenvalue weighted by Crippen LogP contribution is -2.25. The molecule has 0 unspecified atom stereocenters. The molecule has 92 valence electrons. The fourth-order valence-corrected chi connectivity index (χ4v) is 2.66. The van der Waals surface area contributed by atoms with Crippen LogP contribution in [0.1, 0.15) is 37.8 Å². The number of pyridine rings is 1. The van der Waals surface area contributed by atoms with Crippen molar-refractivity contribution in [3.8, 4) is 0 Å². The molecule has 0 aliphatic heterocycles. The molecule has 1 aromatic heterocycles. The molecule has 3 nitrogen and oxygen atoms in total. The summed E-state index contributed by atoms with van der Waals surface area (Å²) in [6.07, 6.45) is 5.66. The highest BCUT2D eigenvalue weighted by Gasteiger charge is 2.21. The fraction of sp³-hybridized carbons (Fsp3) is 0.538. The van der Waals surface area contributed by atoms with Gasteiger partial charge in [-0.15, -0.1) is 0 Å². The summed E-state index contributed by atoms with van der Waals surface area (Å²) < 4.78 is 0.797. The summed E-state index contributed by atoms with van der Waals surface area (Å²) >= 11 is 3.32. The van der Waals surface area contributed by atoms with Crippen LogP contribution in [0, 0.1) is 12.8 Å². The maximum atomic E-state index is 12.1. The molecule has 1 aliphatic carbocycles. The molecule has 1 aromatic rings. The molecule has 1 amide bonds. The molecule has 0 bridgehead atoms. The van der Waals surface area contributed by atoms with Gasteiger partial charge in [-0.25, -0.2) is 4.98 Å². The molecule has 0 radical (unpaired) electrons. The Labute approximate surface area is 110 Å². The van der Waals surface area contributed by atoms with Gasteiger partial charge in [-0.3, -0.25) is 4.79 Å². The molecular formula is C13H17BrN2O. The average molecular weight is 297 g/mol. The molecule has 2 rings (SSSR count). The van der Waals surface area contributed by atoms with Gasteiger partial charge in [0.25, 0.3) is 0 Å². The molecule has 1 saturated carbocycles. The molecule has 1 heterocycles. The van der Waals surface area contributed by atoms with Crippen LogP contribution in [0.3, 0.4) is 0 Å². The van der Waals surface area contributed by atoms with Crippen LogP contribution in [-0.4, -0.2) is 10.9 Å². The first-order valence-corrected chi connectivity index (χ1v) is 6.90. The van der Waals surface area contributed by atoms with Crippen LogP contribution in [0.15, 0.2) is 16.7 Å². The Morgan fingerprint density at radius 3 is 2.71 bits per heavy atom. The number of nitrogens with one attached hydrogen (secondary N) is 1. The number of carbonyl (C=O) groups is 1. The molecule has 1 N–H and O–H groups in total. The minimum atomic E-state index is 0.150. The molecule has 0 saturated heterocycles. The minimum Gasteiger partial charge on any atom is -0.324 e. The van der Waals surface area contributed by atoms with E-state index in [2.05, 4.69) is 26.2 Å². The third-order valence-corrected chi connectivity index (χ3v) is 3.73. The first-order chi connectivity index (χ1) is 8.16. The summed E-state index contributed by atoms with van der Waals surface area (Å²) in [5.41, 5.74) is 1.67. The third-order valence-electron chi connectivity index (χ3n) is 3.29. The van der Waals surface area contributed by atoms with E-state index >= 15 is 0 Å². The minimum absolute atomic E-state index is 0.150. The number of aryl methyl sites for hydroxylation is 1. The van der Waals surface area contributed by atoms with E-state index in [-0.39, 0.29) is 11.8 Å². The molecule has 0 atom stereocenters. The van der Waals surface area contributed by atoms with Crippen molar-refractivity contribution in [3.05, 3.63) is 22.4 Å². The molecule has 0 spiro atoms. The van der Waals surface area contributed by atoms with E-state index in [1.165, 1.54) is 19.3 Å². The van der Waals surface area contributed by atoms with Crippen molar-refractivity contribution >= 4 is 27.5 Å². The molecule has 0 aromatic carbocycles. The van der Waals surface area contributed by atoms with Crippen molar-refractivity contribution in [3.63, 3.8) is 0 Å². The number of rotatable bonds is 2. The van der Waals surface area contributed by atoms with E-state index in [1.54, 1.807) is 0 Å². The van der Waals surface area contributed by atoms with Crippen LogP contribution in [-0.2, 0) is 4.79 Å². The number of amides is 1. The zero-order chi connectivity index (χ0) is 12.3. The second kappa shape index (κ2) is 5.63. The van der Waals surface area contributed by atoms with Gasteiger partial charge in [-0.05, 0) is 47.8 Å². The normalized spacial score (nSPS) is 16.8. The van der Waals surface area contributed by atoms with Crippen molar-refractivity contribution in [2.45, 2.75) is 39.0 Å². The average Bonchev–Trinajstić information content (AvgIpc) is 2.34. The van der Waals surface area contributed by atoms with E-state index in [1.807, 2.05) is 19.1 Å². The van der Waals surface area contributed by atoms with E-state index in [0.717, 1.165) is 28.8 Å². The highest BCUT2D eigenvalue weighted by molar-refractivity contribution is 9.10. The number of hydrogen-bond donors (Lipinski definition) is 1. The third kappa shape index (κ3) is 3.28. The molecule has 17 heavy (non-hydrogen) atoms. The van der Waals surface area contributed by atoms with Crippen molar-refractivity contribution in [1.29, 1.82) is 0 Å². The van der Waals surface area contributed by atoms with Gasteiger partial charge in [0.15, 0.2) is 0 Å². The summed E-state index contributed by atoms with van der Waals surface area (Å²) in [6.45, 7) is 1.90. The Bertz CT molecular complexity index is 414. The Balaban J connectivity index is 2.02. The molecule has 4 heteroatoms. The Hall–Kier alpha value is -0.900. The van der Waals surface area contributed by atoms with Gasteiger partial charge < -0.3 is 5.32 Å². The number of aromatic nitrogens is 1. The Morgan fingerprint density at radius 1 is 1.35 bits per heavy atom. The zero-order valence-corrected chi connectivity index (χ0v) is 11.6. The lowest BCUT2D eigenvalue weighted by molar-refractivity contribution is -0.120. The summed E-state index contributed by atoms with van der Waals surface area (Å²) in [4.78, 5) is 16.3. The fourth-order valence-electron chi connectivity index (χ4n) is 2.26. The van der Waals surface area contributed by atoms with Crippen LogP contribution in [0.5, 0.6) is 0 Å². The molecule has 1 fully saturated rings. The Kier molecular flexibility index (Phi) is 4.15. The Morgan fingerprint density at radius 2 is 2.06 bits per heavy atom. The van der Waals surface area contributed by atoms with Crippen molar-refractivity contribution in [2.24, 2.45) is 5.92 Å². The van der Waals surface area contributed by atoms with Crippen LogP contribution >= 0.6 is 15.9 Å². The second-order valence-electron chi connectivity index (χ2n) is 4.59. The largest absolute Gasteiger partial charge is 0.324 e. The number of hydrogen-bond acceptors (Lipinski definition) is 2. The first-order valence-electron chi connectivity index (χ1n) is 6.11. The maximum Gasteiger partial charge on any atom is 0.227 e. The highest BCUT2D eigenvalue weighted by Crippen LogP contribution is 2.25. The van der Waals surface area contributed by atoms with Crippen LogP contribution < -0.4 is 5.32 Å². The molecular weight excluding hydrogens is 280 g/mol. The van der Waals surface area contributed by atoms with Gasteiger partial charge in [0.05, 0.1) is 11.4 Å². The summed E-state index contributed by atoms with van der Waals surface area (Å²) in [6, 6.07) is 3.75. The van der Waals surface area contributed by atoms with Gasteiger partial charge >= 0.3 is 0 Å². The monoisotopic (exact) mass is 296 g/mol. The number of carbonyl (C=O) groups excluding carboxylic acids is 1. The van der Waals surface area contributed by atoms with Crippen molar-refractivity contribution in [2.75, 3.05) is 5.32 Å². The predicted molar refractivity (Wildman–Crippen MR) is 71.9 cm³/mol. The highest BCUT2D eigenvalue weighted by atomic mass is 79.9. The van der Waals surface area contributed by atoms with E-state index < -0.39 is 0 Å². The van der Waals surface area contributed by atoms with E-state index in [4.69, 9.17) is 0 Å². The van der Waals surface area contributed by atoms with Crippen LogP contribution in [0.4, 0.5) is 5.69 Å². The van der Waals surface area contributed by atoms with Gasteiger partial charge in [-0.2, -0.15) is 0 Å². The van der Waals surface area contributed by atoms with Gasteiger partial charge in [0.1, 0.15) is 4.60 Å². The standard InChI is InChI=1S/C13H17BrN2O/c1-9-11(7-8-12(14)15-9)16-13(17)10-5-3-2-4-6-10/h7-8,10H,2-6H2,1H3,(H,16,17). The van der Waals surface area contributed by atoms with Gasteiger partial charge in [0, 0.05) is 5.92 Å². The summed E-state index contributed by atoms with van der Waals surface area (Å²) in [7, 11) is 0. The van der Waals surface area contributed by atoms with Crippen molar-refractivity contribution in [1.82, 2.24) is 4.98 Å². The van der Waals surface area contributed by atoms with Crippen LogP contribution in [0.25, 0.3) is 0 Å². The van der Waals surface area contributed by atoms with E-state index in [9.17, 15) is 4.79 Å². The number of nitrogens with zero attached hydrogens (tertiary/aromatic N) is 1. The summed E-state index contributed by atoms with van der Waals surface area (Å²) in [5.74, 6) is 0.337. The lowest BCUT2D eigenvalue weighted by atomic mass is 9.88. The topological polar surface area (TPSA) is 42.0 Å². The SMILES string of the molecule is Cc1nc(Br)ccc1NC(=O)C1CCCCC1. The summed E-state index contributed by atoms with van der Waals surface area (Å²) in [5, 5.41) is 2.98. The second-order valence-corrected chi connectivity index (χ2v) is 5.40. The number of halogens is 1. The predicted octanol–water partition coefficient (Wildman–Crippen LogP) is 3.67. The first kappa shape index (κ1) is 12.6. The maximum absolute atomic E-state index is 12.1. The van der Waals surface area contributed by atoms with Gasteiger partial charge in [0.2, 0.25) is 5.91 Å². The van der Waals surface area contributed by atoms with E-state index in [0.29, 0.717) is 0 Å². The smallest absolute Gasteiger partial charge is 0.227 e. The lowest BCUT2D eigenvalue weighted by Gasteiger charge is -2.21. The molecule has 1 aliphatic rings. The van der Waals surface area contributed by atoms with Crippen molar-refractivity contribution < 1.29 is 4.79 Å². The van der Waals surface area contributed by atoms with Crippen LogP contribution in [0.2, 0.25) is 0 Å². The quantitative estimate of drug-likeness (QED) is 0.846. The van der Waals surface area contributed by atoms with Gasteiger partial charge in [-0.1, -0.05) is 19.3 Å².